The number of unbranched alkanes of at least 4 members (excludes halogenated alkanes) is 1. The fourth-order valence-corrected chi connectivity index (χ4v) is 3.96. The molecular formula is C22H31NO4. The van der Waals surface area contributed by atoms with Gasteiger partial charge in [-0.05, 0) is 30.7 Å². The third-order valence-corrected chi connectivity index (χ3v) is 5.71. The molecule has 1 aliphatic carbocycles. The monoisotopic (exact) mass is 373 g/mol. The van der Waals surface area contributed by atoms with Crippen LogP contribution in [0.2, 0.25) is 0 Å². The molecule has 2 aliphatic rings. The zero-order valence-electron chi connectivity index (χ0n) is 16.4. The zero-order chi connectivity index (χ0) is 19.2. The number of hydrogen-bond acceptors (Lipinski definition) is 4. The summed E-state index contributed by atoms with van der Waals surface area (Å²) >= 11 is 0. The van der Waals surface area contributed by atoms with Gasteiger partial charge in [0.05, 0.1) is 18.1 Å². The van der Waals surface area contributed by atoms with Crippen LogP contribution in [0.1, 0.15) is 51.0 Å². The van der Waals surface area contributed by atoms with E-state index in [0.717, 1.165) is 31.2 Å². The quantitative estimate of drug-likeness (QED) is 0.617. The van der Waals surface area contributed by atoms with Crippen LogP contribution >= 0.6 is 0 Å². The molecule has 148 valence electrons. The molecule has 1 aromatic rings. The van der Waals surface area contributed by atoms with Crippen molar-refractivity contribution in [3.63, 3.8) is 0 Å². The molecule has 2 amide bonds. The number of ether oxygens (including phenoxy) is 2. The van der Waals surface area contributed by atoms with Crippen LogP contribution in [0.4, 0.5) is 4.79 Å². The highest BCUT2D eigenvalue weighted by atomic mass is 16.6. The highest BCUT2D eigenvalue weighted by molar-refractivity contribution is 5.95. The maximum absolute atomic E-state index is 13.4. The van der Waals surface area contributed by atoms with Gasteiger partial charge in [-0.2, -0.15) is 0 Å². The Kier molecular flexibility index (Phi) is 6.89. The number of benzene rings is 1. The molecule has 0 bridgehead atoms. The first-order valence-corrected chi connectivity index (χ1v) is 10.2. The summed E-state index contributed by atoms with van der Waals surface area (Å²) in [6, 6.07) is 9.71. The van der Waals surface area contributed by atoms with Gasteiger partial charge in [-0.25, -0.2) is 9.69 Å². The lowest BCUT2D eigenvalue weighted by Gasteiger charge is -2.30. The van der Waals surface area contributed by atoms with Gasteiger partial charge in [0.2, 0.25) is 5.91 Å². The van der Waals surface area contributed by atoms with Crippen LogP contribution in [0, 0.1) is 11.8 Å². The van der Waals surface area contributed by atoms with Gasteiger partial charge in [0, 0.05) is 7.11 Å². The Balaban J connectivity index is 1.75. The van der Waals surface area contributed by atoms with Crippen molar-refractivity contribution in [3.8, 4) is 0 Å². The van der Waals surface area contributed by atoms with Crippen molar-refractivity contribution in [1.29, 1.82) is 0 Å². The summed E-state index contributed by atoms with van der Waals surface area (Å²) in [7, 11) is 1.68. The summed E-state index contributed by atoms with van der Waals surface area (Å²) < 4.78 is 11.0. The summed E-state index contributed by atoms with van der Waals surface area (Å²) in [4.78, 5) is 27.2. The van der Waals surface area contributed by atoms with E-state index in [2.05, 4.69) is 6.92 Å². The first-order valence-electron chi connectivity index (χ1n) is 10.2. The van der Waals surface area contributed by atoms with E-state index < -0.39 is 6.09 Å². The number of methoxy groups -OCH3 is 1. The second kappa shape index (κ2) is 9.36. The Bertz CT molecular complexity index is 628. The highest BCUT2D eigenvalue weighted by Gasteiger charge is 2.44. The van der Waals surface area contributed by atoms with Gasteiger partial charge in [0.25, 0.3) is 0 Å². The Hall–Kier alpha value is -1.88. The predicted molar refractivity (Wildman–Crippen MR) is 103 cm³/mol. The van der Waals surface area contributed by atoms with E-state index in [0.29, 0.717) is 12.3 Å². The minimum atomic E-state index is -0.507. The van der Waals surface area contributed by atoms with Crippen molar-refractivity contribution >= 4 is 12.0 Å². The normalized spacial score (nSPS) is 21.8. The largest absolute Gasteiger partial charge is 0.447 e. The van der Waals surface area contributed by atoms with E-state index in [1.54, 1.807) is 7.11 Å². The number of cyclic esters (lactones) is 1. The van der Waals surface area contributed by atoms with Crippen LogP contribution in [0.5, 0.6) is 0 Å². The number of nitrogens with zero attached hydrogens (tertiary/aromatic N) is 1. The number of imide groups is 1. The molecule has 3 atom stereocenters. The van der Waals surface area contributed by atoms with E-state index in [9.17, 15) is 9.59 Å². The third-order valence-electron chi connectivity index (χ3n) is 5.71. The molecule has 3 unspecified atom stereocenters. The Morgan fingerprint density at radius 3 is 2.67 bits per heavy atom. The number of rotatable bonds is 10. The van der Waals surface area contributed by atoms with E-state index in [1.165, 1.54) is 17.7 Å². The lowest BCUT2D eigenvalue weighted by molar-refractivity contribution is -0.139. The summed E-state index contributed by atoms with van der Waals surface area (Å²) in [5, 5.41) is 0. The van der Waals surface area contributed by atoms with Crippen molar-refractivity contribution < 1.29 is 19.1 Å². The van der Waals surface area contributed by atoms with Crippen molar-refractivity contribution in [3.05, 3.63) is 35.9 Å². The second-order valence-electron chi connectivity index (χ2n) is 7.83. The minimum absolute atomic E-state index is 0.117. The third kappa shape index (κ3) is 5.10. The maximum Gasteiger partial charge on any atom is 0.416 e. The average Bonchev–Trinajstić information content (AvgIpc) is 3.43. The van der Waals surface area contributed by atoms with Gasteiger partial charge in [-0.15, -0.1) is 0 Å². The molecule has 1 saturated heterocycles. The molecule has 1 heterocycles. The van der Waals surface area contributed by atoms with Crippen LogP contribution in [0.3, 0.4) is 0 Å². The van der Waals surface area contributed by atoms with Gasteiger partial charge in [-0.1, -0.05) is 62.9 Å². The number of hydrogen-bond donors (Lipinski definition) is 0. The van der Waals surface area contributed by atoms with Crippen LogP contribution in [-0.4, -0.2) is 42.8 Å². The first kappa shape index (κ1) is 19.9. The summed E-state index contributed by atoms with van der Waals surface area (Å²) in [5.41, 5.74) is 1.10. The Morgan fingerprint density at radius 1 is 1.30 bits per heavy atom. The molecule has 1 saturated carbocycles. The number of amides is 2. The second-order valence-corrected chi connectivity index (χ2v) is 7.83. The fraction of sp³-hybridized carbons (Fsp3) is 0.636. The van der Waals surface area contributed by atoms with Gasteiger partial charge in [-0.3, -0.25) is 4.79 Å². The van der Waals surface area contributed by atoms with Crippen LogP contribution < -0.4 is 0 Å². The molecule has 0 spiro atoms. The lowest BCUT2D eigenvalue weighted by Crippen LogP contribution is -2.47. The summed E-state index contributed by atoms with van der Waals surface area (Å²) in [5.74, 6) is 0.204. The van der Waals surface area contributed by atoms with E-state index in [1.807, 2.05) is 30.3 Å². The van der Waals surface area contributed by atoms with E-state index in [4.69, 9.17) is 9.47 Å². The van der Waals surface area contributed by atoms with Crippen LogP contribution in [0.15, 0.2) is 30.3 Å². The molecule has 3 rings (SSSR count). The fourth-order valence-electron chi connectivity index (χ4n) is 3.96. The molecule has 0 radical (unpaired) electrons. The molecule has 2 fully saturated rings. The molecule has 0 N–H and O–H groups in total. The van der Waals surface area contributed by atoms with Crippen LogP contribution in [0.25, 0.3) is 0 Å². The zero-order valence-corrected chi connectivity index (χ0v) is 16.4. The Labute approximate surface area is 162 Å². The maximum atomic E-state index is 13.4. The molecule has 5 nitrogen and oxygen atoms in total. The van der Waals surface area contributed by atoms with Crippen molar-refractivity contribution in [1.82, 2.24) is 4.90 Å². The van der Waals surface area contributed by atoms with Gasteiger partial charge < -0.3 is 9.47 Å². The lowest BCUT2D eigenvalue weighted by atomic mass is 9.90. The standard InChI is InChI=1S/C22H31NO4/c1-3-4-10-20(26-2)19(14-17-11-12-17)21(24)23-18(15-27-22(23)25)13-16-8-6-5-7-9-16/h5-9,17-20H,3-4,10-15H2,1-2H3. The van der Waals surface area contributed by atoms with Gasteiger partial charge >= 0.3 is 6.09 Å². The van der Waals surface area contributed by atoms with Gasteiger partial charge in [0.15, 0.2) is 0 Å². The predicted octanol–water partition coefficient (Wildman–Crippen LogP) is 4.20. The molecule has 1 aliphatic heterocycles. The summed E-state index contributed by atoms with van der Waals surface area (Å²) in [6.07, 6.45) is 6.07. The molecule has 27 heavy (non-hydrogen) atoms. The SMILES string of the molecule is CCCCC(OC)C(CC1CC1)C(=O)N1C(=O)OCC1Cc1ccccc1. The summed E-state index contributed by atoms with van der Waals surface area (Å²) in [6.45, 7) is 2.40. The molecule has 0 aromatic heterocycles. The highest BCUT2D eigenvalue weighted by Crippen LogP contribution is 2.38. The van der Waals surface area contributed by atoms with Gasteiger partial charge in [0.1, 0.15) is 6.61 Å². The molecular weight excluding hydrogens is 342 g/mol. The average molecular weight is 373 g/mol. The first-order chi connectivity index (χ1) is 13.1. The van der Waals surface area contributed by atoms with E-state index in [-0.39, 0.29) is 30.6 Å². The van der Waals surface area contributed by atoms with Crippen molar-refractivity contribution in [2.45, 2.75) is 64.0 Å². The van der Waals surface area contributed by atoms with E-state index >= 15 is 0 Å². The number of carbonyl (C=O) groups excluding carboxylic acids is 2. The number of carbonyl (C=O) groups is 2. The minimum Gasteiger partial charge on any atom is -0.447 e. The van der Waals surface area contributed by atoms with Crippen LogP contribution in [-0.2, 0) is 20.7 Å². The molecule has 5 heteroatoms. The topological polar surface area (TPSA) is 55.8 Å². The van der Waals surface area contributed by atoms with Crippen molar-refractivity contribution in [2.75, 3.05) is 13.7 Å². The Morgan fingerprint density at radius 2 is 2.04 bits per heavy atom. The molecule has 1 aromatic carbocycles. The van der Waals surface area contributed by atoms with Crippen molar-refractivity contribution in [2.24, 2.45) is 11.8 Å². The smallest absolute Gasteiger partial charge is 0.416 e.